The minimum atomic E-state index is 0.135. The highest BCUT2D eigenvalue weighted by molar-refractivity contribution is 9.10. The number of rotatable bonds is 4. The predicted octanol–water partition coefficient (Wildman–Crippen LogP) is 3.40. The lowest BCUT2D eigenvalue weighted by Crippen LogP contribution is -2.05. The lowest BCUT2D eigenvalue weighted by molar-refractivity contribution is 0.0992. The second-order valence-corrected chi connectivity index (χ2v) is 5.18. The summed E-state index contributed by atoms with van der Waals surface area (Å²) in [6, 6.07) is 5.73. The number of ketones is 1. The van der Waals surface area contributed by atoms with E-state index in [0.717, 1.165) is 27.7 Å². The molecular weight excluding hydrogens is 292 g/mol. The zero-order valence-corrected chi connectivity index (χ0v) is 12.1. The van der Waals surface area contributed by atoms with Crippen LogP contribution in [0.4, 0.5) is 0 Å². The molecule has 0 N–H and O–H groups in total. The summed E-state index contributed by atoms with van der Waals surface area (Å²) in [7, 11) is 0. The van der Waals surface area contributed by atoms with Crippen molar-refractivity contribution in [2.24, 2.45) is 0 Å². The third-order valence-corrected chi connectivity index (χ3v) is 3.36. The second kappa shape index (κ2) is 5.48. The van der Waals surface area contributed by atoms with Gasteiger partial charge in [-0.05, 0) is 37.1 Å². The van der Waals surface area contributed by atoms with Crippen molar-refractivity contribution in [1.82, 2.24) is 9.78 Å². The van der Waals surface area contributed by atoms with Crippen LogP contribution in [0.2, 0.25) is 0 Å². The summed E-state index contributed by atoms with van der Waals surface area (Å²) in [6.45, 7) is 4.80. The first-order valence-electron chi connectivity index (χ1n) is 5.91. The van der Waals surface area contributed by atoms with Gasteiger partial charge >= 0.3 is 0 Å². The molecule has 0 amide bonds. The van der Waals surface area contributed by atoms with Gasteiger partial charge in [-0.1, -0.05) is 22.0 Å². The van der Waals surface area contributed by atoms with Crippen molar-refractivity contribution in [3.05, 3.63) is 51.8 Å². The van der Waals surface area contributed by atoms with Crippen LogP contribution in [-0.4, -0.2) is 15.6 Å². The smallest absolute Gasteiger partial charge is 0.167 e. The standard InChI is InChI=1S/C14H15BrN2O/c1-3-17-9-11(8-16-17)7-14(18)13-5-4-12(15)6-10(13)2/h4-6,8-9H,3,7H2,1-2H3. The van der Waals surface area contributed by atoms with Crippen LogP contribution in [0.15, 0.2) is 35.1 Å². The van der Waals surface area contributed by atoms with Crippen molar-refractivity contribution >= 4 is 21.7 Å². The first-order chi connectivity index (χ1) is 8.60. The van der Waals surface area contributed by atoms with Gasteiger partial charge in [-0.15, -0.1) is 0 Å². The molecule has 1 aromatic carbocycles. The van der Waals surface area contributed by atoms with E-state index in [-0.39, 0.29) is 5.78 Å². The molecular formula is C14H15BrN2O. The van der Waals surface area contributed by atoms with E-state index in [1.807, 2.05) is 42.9 Å². The van der Waals surface area contributed by atoms with Crippen LogP contribution in [0.5, 0.6) is 0 Å². The highest BCUT2D eigenvalue weighted by atomic mass is 79.9. The summed E-state index contributed by atoms with van der Waals surface area (Å²) >= 11 is 3.40. The van der Waals surface area contributed by atoms with Gasteiger partial charge in [-0.3, -0.25) is 9.48 Å². The Hall–Kier alpha value is -1.42. The van der Waals surface area contributed by atoms with E-state index in [0.29, 0.717) is 6.42 Å². The lowest BCUT2D eigenvalue weighted by atomic mass is 10.0. The Kier molecular flexibility index (Phi) is 3.97. The second-order valence-electron chi connectivity index (χ2n) is 4.26. The summed E-state index contributed by atoms with van der Waals surface area (Å²) in [5.74, 6) is 0.135. The molecule has 2 aromatic rings. The quantitative estimate of drug-likeness (QED) is 0.812. The van der Waals surface area contributed by atoms with Gasteiger partial charge in [0, 0.05) is 29.2 Å². The monoisotopic (exact) mass is 306 g/mol. The van der Waals surface area contributed by atoms with Gasteiger partial charge in [0.25, 0.3) is 0 Å². The molecule has 18 heavy (non-hydrogen) atoms. The van der Waals surface area contributed by atoms with Gasteiger partial charge in [0.2, 0.25) is 0 Å². The minimum Gasteiger partial charge on any atom is -0.294 e. The normalized spacial score (nSPS) is 10.6. The van der Waals surface area contributed by atoms with Crippen molar-refractivity contribution in [1.29, 1.82) is 0 Å². The number of carbonyl (C=O) groups is 1. The Labute approximate surface area is 115 Å². The Morgan fingerprint density at radius 2 is 2.22 bits per heavy atom. The fraction of sp³-hybridized carbons (Fsp3) is 0.286. The van der Waals surface area contributed by atoms with Crippen LogP contribution in [0, 0.1) is 6.92 Å². The number of aromatic nitrogens is 2. The van der Waals surface area contributed by atoms with Gasteiger partial charge in [0.1, 0.15) is 0 Å². The maximum absolute atomic E-state index is 12.2. The molecule has 0 aliphatic rings. The van der Waals surface area contributed by atoms with Crippen molar-refractivity contribution in [2.75, 3.05) is 0 Å². The number of nitrogens with zero attached hydrogens (tertiary/aromatic N) is 2. The van der Waals surface area contributed by atoms with Crippen molar-refractivity contribution in [2.45, 2.75) is 26.8 Å². The molecule has 1 heterocycles. The predicted molar refractivity (Wildman–Crippen MR) is 74.8 cm³/mol. The molecule has 0 fully saturated rings. The zero-order valence-electron chi connectivity index (χ0n) is 10.5. The fourth-order valence-corrected chi connectivity index (χ4v) is 2.37. The van der Waals surface area contributed by atoms with E-state index in [1.165, 1.54) is 0 Å². The fourth-order valence-electron chi connectivity index (χ4n) is 1.89. The topological polar surface area (TPSA) is 34.9 Å². The van der Waals surface area contributed by atoms with Gasteiger partial charge < -0.3 is 0 Å². The molecule has 0 atom stereocenters. The molecule has 0 spiro atoms. The largest absolute Gasteiger partial charge is 0.294 e. The van der Waals surface area contributed by atoms with Crippen molar-refractivity contribution in [3.63, 3.8) is 0 Å². The average Bonchev–Trinajstić information content (AvgIpc) is 2.76. The maximum atomic E-state index is 12.2. The third kappa shape index (κ3) is 2.88. The van der Waals surface area contributed by atoms with Gasteiger partial charge in [0.05, 0.1) is 6.20 Å². The van der Waals surface area contributed by atoms with Gasteiger partial charge in [-0.25, -0.2) is 0 Å². The summed E-state index contributed by atoms with van der Waals surface area (Å²) in [4.78, 5) is 12.2. The van der Waals surface area contributed by atoms with Gasteiger partial charge in [0.15, 0.2) is 5.78 Å². The van der Waals surface area contributed by atoms with Crippen LogP contribution >= 0.6 is 15.9 Å². The molecule has 3 nitrogen and oxygen atoms in total. The number of aryl methyl sites for hydroxylation is 2. The Morgan fingerprint density at radius 1 is 1.44 bits per heavy atom. The van der Waals surface area contributed by atoms with E-state index in [2.05, 4.69) is 21.0 Å². The minimum absolute atomic E-state index is 0.135. The number of hydrogen-bond donors (Lipinski definition) is 0. The summed E-state index contributed by atoms with van der Waals surface area (Å²) in [6.07, 6.45) is 4.09. The molecule has 0 aliphatic carbocycles. The van der Waals surface area contributed by atoms with Crippen molar-refractivity contribution < 1.29 is 4.79 Å². The van der Waals surface area contributed by atoms with Crippen LogP contribution < -0.4 is 0 Å². The molecule has 0 aliphatic heterocycles. The summed E-state index contributed by atoms with van der Waals surface area (Å²) in [5.41, 5.74) is 2.74. The lowest BCUT2D eigenvalue weighted by Gasteiger charge is -2.04. The van der Waals surface area contributed by atoms with Crippen LogP contribution in [0.3, 0.4) is 0 Å². The highest BCUT2D eigenvalue weighted by Gasteiger charge is 2.11. The Bertz CT molecular complexity index is 575. The number of hydrogen-bond acceptors (Lipinski definition) is 2. The maximum Gasteiger partial charge on any atom is 0.167 e. The van der Waals surface area contributed by atoms with E-state index in [1.54, 1.807) is 6.20 Å². The Morgan fingerprint density at radius 3 is 2.83 bits per heavy atom. The van der Waals surface area contributed by atoms with Crippen LogP contribution in [0.1, 0.15) is 28.4 Å². The SMILES string of the molecule is CCn1cc(CC(=O)c2ccc(Br)cc2C)cn1. The molecule has 0 saturated heterocycles. The zero-order chi connectivity index (χ0) is 13.1. The summed E-state index contributed by atoms with van der Waals surface area (Å²) in [5, 5.41) is 4.17. The molecule has 4 heteroatoms. The van der Waals surface area contributed by atoms with E-state index in [9.17, 15) is 4.79 Å². The number of halogens is 1. The highest BCUT2D eigenvalue weighted by Crippen LogP contribution is 2.17. The molecule has 1 aromatic heterocycles. The van der Waals surface area contributed by atoms with Crippen molar-refractivity contribution in [3.8, 4) is 0 Å². The first-order valence-corrected chi connectivity index (χ1v) is 6.70. The number of Topliss-reactive ketones (excluding diaryl/α,β-unsaturated/α-hetero) is 1. The average molecular weight is 307 g/mol. The van der Waals surface area contributed by atoms with E-state index in [4.69, 9.17) is 0 Å². The van der Waals surface area contributed by atoms with Crippen LogP contribution in [-0.2, 0) is 13.0 Å². The molecule has 0 unspecified atom stereocenters. The molecule has 0 bridgehead atoms. The summed E-state index contributed by atoms with van der Waals surface area (Å²) < 4.78 is 2.83. The molecule has 0 saturated carbocycles. The Balaban J connectivity index is 2.16. The van der Waals surface area contributed by atoms with Crippen LogP contribution in [0.25, 0.3) is 0 Å². The number of carbonyl (C=O) groups excluding carboxylic acids is 1. The third-order valence-electron chi connectivity index (χ3n) is 2.86. The molecule has 0 radical (unpaired) electrons. The number of benzene rings is 1. The first kappa shape index (κ1) is 13.0. The van der Waals surface area contributed by atoms with Gasteiger partial charge in [-0.2, -0.15) is 5.10 Å². The van der Waals surface area contributed by atoms with E-state index >= 15 is 0 Å². The molecule has 94 valence electrons. The molecule has 2 rings (SSSR count). The van der Waals surface area contributed by atoms with E-state index < -0.39 is 0 Å².